The largest absolute Gasteiger partial charge is 0.383 e. The third-order valence-electron chi connectivity index (χ3n) is 6.31. The number of rotatable bonds is 3. The number of anilines is 1. The summed E-state index contributed by atoms with van der Waals surface area (Å²) in [5.41, 5.74) is 13.5. The molecule has 152 valence electrons. The van der Waals surface area contributed by atoms with Gasteiger partial charge in [-0.15, -0.1) is 0 Å². The van der Waals surface area contributed by atoms with E-state index in [4.69, 9.17) is 5.73 Å². The molecule has 2 aliphatic rings. The Kier molecular flexibility index (Phi) is 4.97. The van der Waals surface area contributed by atoms with Crippen molar-refractivity contribution in [3.63, 3.8) is 0 Å². The van der Waals surface area contributed by atoms with Crippen molar-refractivity contribution in [1.82, 2.24) is 15.6 Å². The van der Waals surface area contributed by atoms with E-state index in [1.54, 1.807) is 0 Å². The van der Waals surface area contributed by atoms with Gasteiger partial charge in [0.1, 0.15) is 5.82 Å². The van der Waals surface area contributed by atoms with Crippen molar-refractivity contribution in [1.29, 1.82) is 0 Å². The number of pyridine rings is 1. The van der Waals surface area contributed by atoms with Crippen molar-refractivity contribution < 1.29 is 4.79 Å². The number of nitrogen functional groups attached to an aromatic ring is 1. The number of nitrogens with one attached hydrogen (secondary N) is 2. The molecule has 5 rings (SSSR count). The first-order valence-corrected chi connectivity index (χ1v) is 10.7. The number of aromatic nitrogens is 1. The van der Waals surface area contributed by atoms with Gasteiger partial charge in [-0.3, -0.25) is 4.79 Å². The van der Waals surface area contributed by atoms with E-state index in [2.05, 4.69) is 52.0 Å². The van der Waals surface area contributed by atoms with E-state index in [0.717, 1.165) is 52.9 Å². The second-order valence-corrected chi connectivity index (χ2v) is 8.18. The second kappa shape index (κ2) is 7.92. The van der Waals surface area contributed by atoms with E-state index in [1.165, 1.54) is 18.4 Å². The van der Waals surface area contributed by atoms with Gasteiger partial charge in [-0.1, -0.05) is 36.4 Å². The number of piperidine rings is 1. The molecule has 0 spiro atoms. The lowest BCUT2D eigenvalue weighted by Crippen LogP contribution is -2.31. The maximum Gasteiger partial charge on any atom is 0.251 e. The highest BCUT2D eigenvalue weighted by Crippen LogP contribution is 2.33. The van der Waals surface area contributed by atoms with Crippen LogP contribution in [0.2, 0.25) is 0 Å². The summed E-state index contributed by atoms with van der Waals surface area (Å²) in [4.78, 5) is 16.5. The fraction of sp³-hybridized carbons (Fsp3) is 0.280. The molecule has 2 aromatic carbocycles. The number of carbonyl (C=O) groups is 1. The number of amides is 1. The van der Waals surface area contributed by atoms with Crippen LogP contribution in [0.15, 0.2) is 54.7 Å². The Morgan fingerprint density at radius 1 is 0.867 bits per heavy atom. The van der Waals surface area contributed by atoms with Crippen molar-refractivity contribution in [2.45, 2.75) is 25.2 Å². The van der Waals surface area contributed by atoms with Gasteiger partial charge in [-0.05, 0) is 72.7 Å². The first-order valence-electron chi connectivity index (χ1n) is 10.7. The Morgan fingerprint density at radius 3 is 2.43 bits per heavy atom. The number of carbonyl (C=O) groups excluding carboxylic acids is 1. The van der Waals surface area contributed by atoms with E-state index in [-0.39, 0.29) is 5.91 Å². The minimum absolute atomic E-state index is 0.00326. The van der Waals surface area contributed by atoms with Gasteiger partial charge in [0.25, 0.3) is 5.91 Å². The molecule has 0 atom stereocenters. The summed E-state index contributed by atoms with van der Waals surface area (Å²) >= 11 is 0. The zero-order chi connectivity index (χ0) is 20.5. The minimum Gasteiger partial charge on any atom is -0.383 e. The quantitative estimate of drug-likeness (QED) is 0.628. The fourth-order valence-corrected chi connectivity index (χ4v) is 4.56. The third kappa shape index (κ3) is 3.57. The fourth-order valence-electron chi connectivity index (χ4n) is 4.56. The molecular formula is C25H26N4O. The van der Waals surface area contributed by atoms with Crippen LogP contribution in [0.3, 0.4) is 0 Å². The zero-order valence-electron chi connectivity index (χ0n) is 16.9. The summed E-state index contributed by atoms with van der Waals surface area (Å²) in [5.74, 6) is 1.15. The number of benzene rings is 2. The number of hydrogen-bond donors (Lipinski definition) is 3. The van der Waals surface area contributed by atoms with Crippen LogP contribution >= 0.6 is 0 Å². The smallest absolute Gasteiger partial charge is 0.251 e. The van der Waals surface area contributed by atoms with Crippen molar-refractivity contribution in [3.05, 3.63) is 71.4 Å². The standard InChI is InChI=1S/C25H26N4O/c26-24-23(19-5-6-22-20(13-19)9-12-28-25(22)30)14-21(15-29-24)17-3-1-16(2-4-17)18-7-10-27-11-8-18/h1-6,13-15,18,27H,7-12H2,(H2,26,29)(H,28,30). The maximum atomic E-state index is 12.0. The molecule has 4 N–H and O–H groups in total. The lowest BCUT2D eigenvalue weighted by Gasteiger charge is -2.23. The van der Waals surface area contributed by atoms with Crippen LogP contribution in [0.1, 0.15) is 40.2 Å². The van der Waals surface area contributed by atoms with Gasteiger partial charge in [0.2, 0.25) is 0 Å². The predicted octanol–water partition coefficient (Wildman–Crippen LogP) is 3.75. The van der Waals surface area contributed by atoms with E-state index >= 15 is 0 Å². The molecule has 2 aliphatic heterocycles. The first-order chi connectivity index (χ1) is 14.7. The summed E-state index contributed by atoms with van der Waals surface area (Å²) in [7, 11) is 0. The van der Waals surface area contributed by atoms with E-state index in [1.807, 2.05) is 18.3 Å². The van der Waals surface area contributed by atoms with Gasteiger partial charge in [-0.2, -0.15) is 0 Å². The molecule has 0 unspecified atom stereocenters. The Hall–Kier alpha value is -3.18. The van der Waals surface area contributed by atoms with Crippen LogP contribution in [0, 0.1) is 0 Å². The monoisotopic (exact) mass is 398 g/mol. The number of nitrogens with zero attached hydrogens (tertiary/aromatic N) is 1. The van der Waals surface area contributed by atoms with Gasteiger partial charge >= 0.3 is 0 Å². The molecule has 1 fully saturated rings. The average Bonchev–Trinajstić information content (AvgIpc) is 2.80. The molecule has 1 aromatic heterocycles. The lowest BCUT2D eigenvalue weighted by atomic mass is 9.89. The van der Waals surface area contributed by atoms with Crippen LogP contribution in [0.25, 0.3) is 22.3 Å². The summed E-state index contributed by atoms with van der Waals surface area (Å²) in [6.45, 7) is 2.87. The van der Waals surface area contributed by atoms with E-state index < -0.39 is 0 Å². The zero-order valence-corrected chi connectivity index (χ0v) is 16.9. The summed E-state index contributed by atoms with van der Waals surface area (Å²) < 4.78 is 0. The molecule has 0 aliphatic carbocycles. The Bertz CT molecular complexity index is 1080. The molecule has 3 aromatic rings. The average molecular weight is 399 g/mol. The predicted molar refractivity (Wildman–Crippen MR) is 120 cm³/mol. The molecule has 0 radical (unpaired) electrons. The highest BCUT2D eigenvalue weighted by molar-refractivity contribution is 5.97. The van der Waals surface area contributed by atoms with Crippen LogP contribution in [0.5, 0.6) is 0 Å². The van der Waals surface area contributed by atoms with Crippen molar-refractivity contribution in [3.8, 4) is 22.3 Å². The molecule has 1 amide bonds. The Labute approximate surface area is 176 Å². The lowest BCUT2D eigenvalue weighted by molar-refractivity contribution is 0.0946. The van der Waals surface area contributed by atoms with Crippen LogP contribution in [-0.2, 0) is 6.42 Å². The topological polar surface area (TPSA) is 80.0 Å². The molecule has 0 saturated carbocycles. The Balaban J connectivity index is 1.46. The van der Waals surface area contributed by atoms with Crippen molar-refractivity contribution in [2.24, 2.45) is 0 Å². The summed E-state index contributed by atoms with van der Waals surface area (Å²) in [6, 6.07) is 16.9. The minimum atomic E-state index is -0.00326. The van der Waals surface area contributed by atoms with Crippen LogP contribution in [0.4, 0.5) is 5.82 Å². The van der Waals surface area contributed by atoms with Crippen molar-refractivity contribution in [2.75, 3.05) is 25.4 Å². The van der Waals surface area contributed by atoms with Crippen LogP contribution in [-0.4, -0.2) is 30.5 Å². The molecule has 5 nitrogen and oxygen atoms in total. The van der Waals surface area contributed by atoms with Gasteiger partial charge < -0.3 is 16.4 Å². The van der Waals surface area contributed by atoms with Gasteiger partial charge in [0, 0.05) is 29.4 Å². The highest BCUT2D eigenvalue weighted by Gasteiger charge is 2.18. The van der Waals surface area contributed by atoms with Gasteiger partial charge in [0.15, 0.2) is 0 Å². The van der Waals surface area contributed by atoms with Crippen LogP contribution < -0.4 is 16.4 Å². The SMILES string of the molecule is Nc1ncc(-c2ccc(C3CCNCC3)cc2)cc1-c1ccc2c(c1)CCNC2=O. The number of hydrogen-bond acceptors (Lipinski definition) is 4. The molecule has 1 saturated heterocycles. The third-order valence-corrected chi connectivity index (χ3v) is 6.31. The second-order valence-electron chi connectivity index (χ2n) is 8.18. The highest BCUT2D eigenvalue weighted by atomic mass is 16.1. The van der Waals surface area contributed by atoms with E-state index in [0.29, 0.717) is 18.3 Å². The number of nitrogens with two attached hydrogens (primary N) is 1. The molecule has 30 heavy (non-hydrogen) atoms. The molecular weight excluding hydrogens is 372 g/mol. The first kappa shape index (κ1) is 18.8. The van der Waals surface area contributed by atoms with Gasteiger partial charge in [0.05, 0.1) is 0 Å². The maximum absolute atomic E-state index is 12.0. The van der Waals surface area contributed by atoms with Gasteiger partial charge in [-0.25, -0.2) is 4.98 Å². The van der Waals surface area contributed by atoms with E-state index in [9.17, 15) is 4.79 Å². The normalized spacial score (nSPS) is 16.7. The molecule has 3 heterocycles. The molecule has 0 bridgehead atoms. The number of fused-ring (bicyclic) bond motifs is 1. The summed E-state index contributed by atoms with van der Waals surface area (Å²) in [5, 5.41) is 6.32. The summed E-state index contributed by atoms with van der Waals surface area (Å²) in [6.07, 6.45) is 5.07. The van der Waals surface area contributed by atoms with Crippen molar-refractivity contribution >= 4 is 11.7 Å². The molecule has 5 heteroatoms. The Morgan fingerprint density at radius 2 is 1.63 bits per heavy atom.